The Morgan fingerprint density at radius 3 is 2.03 bits per heavy atom. The number of rotatable bonds is 3. The van der Waals surface area contributed by atoms with Crippen LogP contribution in [0.5, 0.6) is 0 Å². The second-order valence-corrected chi connectivity index (χ2v) is 8.68. The number of hydrogen-bond donors (Lipinski definition) is 0. The summed E-state index contributed by atoms with van der Waals surface area (Å²) in [4.78, 5) is 17.8. The predicted molar refractivity (Wildman–Crippen MR) is 136 cm³/mol. The average molecular weight is 432 g/mol. The topological polar surface area (TPSA) is 43.1 Å². The van der Waals surface area contributed by atoms with Crippen LogP contribution in [0.2, 0.25) is 0 Å². The molecule has 0 aliphatic heterocycles. The van der Waals surface area contributed by atoms with Crippen molar-refractivity contribution >= 4 is 11.1 Å². The molecule has 0 bridgehead atoms. The minimum absolute atomic E-state index is 0.327. The molecule has 1 heterocycles. The lowest BCUT2D eigenvalue weighted by Gasteiger charge is -2.15. The van der Waals surface area contributed by atoms with Crippen LogP contribution in [0.1, 0.15) is 22.3 Å². The van der Waals surface area contributed by atoms with Crippen molar-refractivity contribution in [2.75, 3.05) is 0 Å². The predicted octanol–water partition coefficient (Wildman–Crippen LogP) is 7.42. The van der Waals surface area contributed by atoms with E-state index in [2.05, 4.69) is 58.0 Å². The fraction of sp³-hybridized carbons (Fsp3) is 0.133. The van der Waals surface area contributed by atoms with Gasteiger partial charge in [-0.1, -0.05) is 72.3 Å². The summed E-state index contributed by atoms with van der Waals surface area (Å²) >= 11 is 0. The van der Waals surface area contributed by atoms with E-state index in [4.69, 9.17) is 9.40 Å². The number of hydrogen-bond acceptors (Lipinski definition) is 3. The third kappa shape index (κ3) is 3.76. The van der Waals surface area contributed by atoms with E-state index in [1.807, 2.05) is 48.5 Å². The first-order valence-corrected chi connectivity index (χ1v) is 11.1. The van der Waals surface area contributed by atoms with Crippen molar-refractivity contribution in [3.8, 4) is 33.5 Å². The van der Waals surface area contributed by atoms with Crippen molar-refractivity contribution in [2.45, 2.75) is 27.7 Å². The van der Waals surface area contributed by atoms with Gasteiger partial charge < -0.3 is 4.42 Å². The Morgan fingerprint density at radius 2 is 1.33 bits per heavy atom. The van der Waals surface area contributed by atoms with Crippen LogP contribution < -0.4 is 5.63 Å². The van der Waals surface area contributed by atoms with Crippen molar-refractivity contribution < 1.29 is 4.42 Å². The fourth-order valence-corrected chi connectivity index (χ4v) is 4.74. The standard InChI is InChI=1S/C30H25NO2/c1-18-14-20(3)27(21(4)15-18)23-16-25(24-13-9-8-10-19(24)2)29-26(17-23)31-28(30(32)33-29)22-11-6-5-7-12-22/h5-17H,1-4H3. The van der Waals surface area contributed by atoms with Crippen LogP contribution in [0.3, 0.4) is 0 Å². The summed E-state index contributed by atoms with van der Waals surface area (Å²) < 4.78 is 5.94. The molecule has 33 heavy (non-hydrogen) atoms. The Hall–Kier alpha value is -3.98. The van der Waals surface area contributed by atoms with E-state index in [0.717, 1.165) is 27.8 Å². The Labute approximate surface area is 193 Å². The van der Waals surface area contributed by atoms with Crippen LogP contribution in [0.4, 0.5) is 0 Å². The van der Waals surface area contributed by atoms with Crippen molar-refractivity contribution in [3.63, 3.8) is 0 Å². The first-order chi connectivity index (χ1) is 15.9. The maximum absolute atomic E-state index is 13.0. The van der Waals surface area contributed by atoms with Crippen LogP contribution in [-0.2, 0) is 0 Å². The fourth-order valence-electron chi connectivity index (χ4n) is 4.74. The van der Waals surface area contributed by atoms with Gasteiger partial charge >= 0.3 is 5.63 Å². The van der Waals surface area contributed by atoms with Crippen LogP contribution in [0.25, 0.3) is 44.6 Å². The summed E-state index contributed by atoms with van der Waals surface area (Å²) in [5.41, 5.74) is 10.8. The van der Waals surface area contributed by atoms with Crippen molar-refractivity contribution in [3.05, 3.63) is 112 Å². The van der Waals surface area contributed by atoms with Gasteiger partial charge in [-0.15, -0.1) is 0 Å². The molecule has 0 saturated carbocycles. The zero-order valence-electron chi connectivity index (χ0n) is 19.3. The first-order valence-electron chi connectivity index (χ1n) is 11.1. The molecule has 1 aromatic heterocycles. The van der Waals surface area contributed by atoms with Crippen molar-refractivity contribution in [1.82, 2.24) is 4.98 Å². The summed E-state index contributed by atoms with van der Waals surface area (Å²) in [6.45, 7) is 8.47. The van der Waals surface area contributed by atoms with E-state index in [9.17, 15) is 4.79 Å². The molecule has 0 amide bonds. The number of aryl methyl sites for hydroxylation is 4. The van der Waals surface area contributed by atoms with Gasteiger partial charge in [-0.25, -0.2) is 9.78 Å². The molecule has 3 heteroatoms. The second-order valence-electron chi connectivity index (χ2n) is 8.68. The molecular formula is C30H25NO2. The lowest BCUT2D eigenvalue weighted by molar-refractivity contribution is 0.559. The normalized spacial score (nSPS) is 11.2. The van der Waals surface area contributed by atoms with Crippen LogP contribution >= 0.6 is 0 Å². The Kier molecular flexibility index (Phi) is 5.18. The van der Waals surface area contributed by atoms with Gasteiger partial charge in [0, 0.05) is 11.1 Å². The van der Waals surface area contributed by atoms with Gasteiger partial charge in [-0.3, -0.25) is 0 Å². The van der Waals surface area contributed by atoms with E-state index in [1.165, 1.54) is 22.3 Å². The maximum Gasteiger partial charge on any atom is 0.363 e. The second kappa shape index (κ2) is 8.18. The Morgan fingerprint density at radius 1 is 0.667 bits per heavy atom. The summed E-state index contributed by atoms with van der Waals surface area (Å²) in [5.74, 6) is 0. The van der Waals surface area contributed by atoms with Crippen molar-refractivity contribution in [1.29, 1.82) is 0 Å². The van der Waals surface area contributed by atoms with Gasteiger partial charge in [0.05, 0.1) is 0 Å². The first kappa shape index (κ1) is 20.9. The highest BCUT2D eigenvalue weighted by Gasteiger charge is 2.18. The van der Waals surface area contributed by atoms with Gasteiger partial charge in [0.2, 0.25) is 0 Å². The minimum atomic E-state index is -0.431. The minimum Gasteiger partial charge on any atom is -0.419 e. The molecule has 0 aliphatic carbocycles. The van der Waals surface area contributed by atoms with Crippen LogP contribution in [0.15, 0.2) is 88.1 Å². The zero-order valence-corrected chi connectivity index (χ0v) is 19.3. The number of benzene rings is 4. The molecule has 0 aliphatic rings. The van der Waals surface area contributed by atoms with Gasteiger partial charge in [0.15, 0.2) is 11.3 Å². The molecule has 5 aromatic rings. The maximum atomic E-state index is 13.0. The summed E-state index contributed by atoms with van der Waals surface area (Å²) in [6.07, 6.45) is 0. The summed E-state index contributed by atoms with van der Waals surface area (Å²) in [7, 11) is 0. The molecule has 4 aromatic carbocycles. The van der Waals surface area contributed by atoms with Gasteiger partial charge in [-0.2, -0.15) is 0 Å². The molecule has 0 radical (unpaired) electrons. The average Bonchev–Trinajstić information content (AvgIpc) is 2.79. The lowest BCUT2D eigenvalue weighted by Crippen LogP contribution is -2.07. The SMILES string of the molecule is Cc1cc(C)c(-c2cc(-c3ccccc3C)c3oc(=O)c(-c4ccccc4)nc3c2)c(C)c1. The molecule has 0 unspecified atom stereocenters. The summed E-state index contributed by atoms with van der Waals surface area (Å²) in [6, 6.07) is 26.2. The molecule has 5 rings (SSSR count). The highest BCUT2D eigenvalue weighted by molar-refractivity contribution is 5.96. The summed E-state index contributed by atoms with van der Waals surface area (Å²) in [5, 5.41) is 0. The van der Waals surface area contributed by atoms with Gasteiger partial charge in [0.25, 0.3) is 0 Å². The van der Waals surface area contributed by atoms with Crippen LogP contribution in [-0.4, -0.2) is 4.98 Å². The lowest BCUT2D eigenvalue weighted by atomic mass is 9.90. The van der Waals surface area contributed by atoms with E-state index >= 15 is 0 Å². The highest BCUT2D eigenvalue weighted by atomic mass is 16.4. The zero-order chi connectivity index (χ0) is 23.1. The van der Waals surface area contributed by atoms with E-state index in [1.54, 1.807) is 0 Å². The van der Waals surface area contributed by atoms with Crippen LogP contribution in [0, 0.1) is 27.7 Å². The van der Waals surface area contributed by atoms with Gasteiger partial charge in [0.1, 0.15) is 5.52 Å². The number of nitrogens with zero attached hydrogens (tertiary/aromatic N) is 1. The largest absolute Gasteiger partial charge is 0.419 e. The highest BCUT2D eigenvalue weighted by Crippen LogP contribution is 2.37. The Balaban J connectivity index is 1.87. The molecule has 0 spiro atoms. The quantitative estimate of drug-likeness (QED) is 0.298. The Bertz CT molecular complexity index is 1540. The third-order valence-corrected chi connectivity index (χ3v) is 6.14. The molecule has 0 fully saturated rings. The monoisotopic (exact) mass is 431 g/mol. The van der Waals surface area contributed by atoms with E-state index < -0.39 is 5.63 Å². The number of aromatic nitrogens is 1. The molecule has 3 nitrogen and oxygen atoms in total. The molecule has 0 saturated heterocycles. The molecular weight excluding hydrogens is 406 g/mol. The van der Waals surface area contributed by atoms with E-state index in [0.29, 0.717) is 16.8 Å². The van der Waals surface area contributed by atoms with Gasteiger partial charge in [-0.05, 0) is 73.2 Å². The molecule has 0 atom stereocenters. The third-order valence-electron chi connectivity index (χ3n) is 6.14. The smallest absolute Gasteiger partial charge is 0.363 e. The number of fused-ring (bicyclic) bond motifs is 1. The molecule has 0 N–H and O–H groups in total. The van der Waals surface area contributed by atoms with Crippen molar-refractivity contribution in [2.24, 2.45) is 0 Å². The van der Waals surface area contributed by atoms with E-state index in [-0.39, 0.29) is 0 Å². The molecule has 162 valence electrons.